The molecule has 0 bridgehead atoms. The molecular formula is C29H27N5O3. The predicted molar refractivity (Wildman–Crippen MR) is 142 cm³/mol. The first-order chi connectivity index (χ1) is 18.2. The Bertz CT molecular complexity index is 1440. The standard InChI is InChI=1S/C29H27N5O3/c35-29(23-13-15-24(16-14-23)36-18-5-4-9-21-7-2-1-3-8-21)30-27-11-6-10-22-12-17-25(19-26(22)27)37-20-28-31-33-34-32-28/h1-3,6-8,10-17,19H,4-5,9,18,20H2,(H,30,35)(H,31,32,33,34). The highest BCUT2D eigenvalue weighted by molar-refractivity contribution is 6.09. The second-order valence-electron chi connectivity index (χ2n) is 8.59. The quantitative estimate of drug-likeness (QED) is 0.233. The number of anilines is 1. The summed E-state index contributed by atoms with van der Waals surface area (Å²) in [6, 6.07) is 29.2. The Balaban J connectivity index is 1.16. The molecule has 0 aliphatic heterocycles. The van der Waals surface area contributed by atoms with Crippen molar-refractivity contribution in [2.45, 2.75) is 25.9 Å². The summed E-state index contributed by atoms with van der Waals surface area (Å²) in [5.74, 6) is 1.74. The van der Waals surface area contributed by atoms with Gasteiger partial charge < -0.3 is 14.8 Å². The van der Waals surface area contributed by atoms with Crippen molar-refractivity contribution < 1.29 is 14.3 Å². The van der Waals surface area contributed by atoms with E-state index >= 15 is 0 Å². The van der Waals surface area contributed by atoms with E-state index in [2.05, 4.69) is 50.2 Å². The highest BCUT2D eigenvalue weighted by atomic mass is 16.5. The average molecular weight is 494 g/mol. The number of aryl methyl sites for hydroxylation is 1. The molecule has 0 aliphatic carbocycles. The number of H-pyrrole nitrogens is 1. The molecule has 8 heteroatoms. The maximum absolute atomic E-state index is 13.0. The Morgan fingerprint density at radius 1 is 0.838 bits per heavy atom. The van der Waals surface area contributed by atoms with E-state index in [1.165, 1.54) is 5.56 Å². The van der Waals surface area contributed by atoms with E-state index in [0.717, 1.165) is 35.8 Å². The molecule has 0 saturated carbocycles. The molecule has 0 radical (unpaired) electrons. The zero-order chi connectivity index (χ0) is 25.3. The van der Waals surface area contributed by atoms with Crippen molar-refractivity contribution in [2.75, 3.05) is 11.9 Å². The first kappa shape index (κ1) is 24.0. The van der Waals surface area contributed by atoms with Crippen LogP contribution >= 0.6 is 0 Å². The summed E-state index contributed by atoms with van der Waals surface area (Å²) in [5, 5.41) is 18.4. The summed E-state index contributed by atoms with van der Waals surface area (Å²) in [7, 11) is 0. The number of benzene rings is 4. The van der Waals surface area contributed by atoms with E-state index < -0.39 is 0 Å². The average Bonchev–Trinajstić information content (AvgIpc) is 3.47. The minimum Gasteiger partial charge on any atom is -0.494 e. The summed E-state index contributed by atoms with van der Waals surface area (Å²) < 4.78 is 11.6. The number of amides is 1. The molecule has 0 spiro atoms. The second kappa shape index (κ2) is 11.8. The number of rotatable bonds is 11. The van der Waals surface area contributed by atoms with Gasteiger partial charge in [-0.3, -0.25) is 4.79 Å². The van der Waals surface area contributed by atoms with Crippen LogP contribution in [0.3, 0.4) is 0 Å². The van der Waals surface area contributed by atoms with Crippen LogP contribution in [0.1, 0.15) is 34.6 Å². The van der Waals surface area contributed by atoms with Crippen LogP contribution in [0.25, 0.3) is 10.8 Å². The van der Waals surface area contributed by atoms with Gasteiger partial charge >= 0.3 is 0 Å². The molecule has 4 aromatic carbocycles. The Morgan fingerprint density at radius 3 is 2.49 bits per heavy atom. The van der Waals surface area contributed by atoms with Gasteiger partial charge in [0.1, 0.15) is 18.1 Å². The van der Waals surface area contributed by atoms with Crippen molar-refractivity contribution in [3.05, 3.63) is 108 Å². The number of unbranched alkanes of at least 4 members (excludes halogenated alkanes) is 1. The first-order valence-electron chi connectivity index (χ1n) is 12.2. The van der Waals surface area contributed by atoms with Gasteiger partial charge in [-0.25, -0.2) is 5.10 Å². The molecule has 0 aliphatic rings. The van der Waals surface area contributed by atoms with Gasteiger partial charge in [0, 0.05) is 16.6 Å². The number of aromatic amines is 1. The summed E-state index contributed by atoms with van der Waals surface area (Å²) >= 11 is 0. The number of hydrogen-bond donors (Lipinski definition) is 2. The lowest BCUT2D eigenvalue weighted by molar-refractivity contribution is 0.102. The zero-order valence-electron chi connectivity index (χ0n) is 20.3. The summed E-state index contributed by atoms with van der Waals surface area (Å²) in [5.41, 5.74) is 2.60. The van der Waals surface area contributed by atoms with Crippen molar-refractivity contribution in [1.82, 2.24) is 20.6 Å². The van der Waals surface area contributed by atoms with E-state index in [4.69, 9.17) is 9.47 Å². The van der Waals surface area contributed by atoms with E-state index in [-0.39, 0.29) is 12.5 Å². The van der Waals surface area contributed by atoms with Crippen LogP contribution in [0.15, 0.2) is 91.0 Å². The van der Waals surface area contributed by atoms with Gasteiger partial charge in [-0.2, -0.15) is 0 Å². The van der Waals surface area contributed by atoms with Gasteiger partial charge in [-0.05, 0) is 83.1 Å². The minimum atomic E-state index is -0.194. The van der Waals surface area contributed by atoms with Crippen LogP contribution in [-0.4, -0.2) is 33.1 Å². The molecule has 1 heterocycles. The largest absolute Gasteiger partial charge is 0.494 e. The van der Waals surface area contributed by atoms with Gasteiger partial charge in [-0.15, -0.1) is 5.10 Å². The van der Waals surface area contributed by atoms with Crippen LogP contribution in [0.2, 0.25) is 0 Å². The number of hydrogen-bond acceptors (Lipinski definition) is 6. The van der Waals surface area contributed by atoms with E-state index in [9.17, 15) is 4.79 Å². The van der Waals surface area contributed by atoms with Crippen molar-refractivity contribution in [3.63, 3.8) is 0 Å². The Hall–Kier alpha value is -4.72. The highest BCUT2D eigenvalue weighted by Gasteiger charge is 2.10. The number of nitrogens with zero attached hydrogens (tertiary/aromatic N) is 3. The third-order valence-corrected chi connectivity index (χ3v) is 5.95. The predicted octanol–water partition coefficient (Wildman–Crippen LogP) is 5.59. The van der Waals surface area contributed by atoms with Gasteiger partial charge in [-0.1, -0.05) is 48.5 Å². The maximum atomic E-state index is 13.0. The number of carbonyl (C=O) groups is 1. The fourth-order valence-electron chi connectivity index (χ4n) is 4.01. The molecule has 37 heavy (non-hydrogen) atoms. The number of tetrazole rings is 1. The van der Waals surface area contributed by atoms with Crippen LogP contribution in [0.4, 0.5) is 5.69 Å². The third kappa shape index (κ3) is 6.49. The Morgan fingerprint density at radius 2 is 1.68 bits per heavy atom. The molecule has 8 nitrogen and oxygen atoms in total. The van der Waals surface area contributed by atoms with Gasteiger partial charge in [0.05, 0.1) is 6.61 Å². The molecule has 0 fully saturated rings. The molecule has 1 amide bonds. The summed E-state index contributed by atoms with van der Waals surface area (Å²) in [4.78, 5) is 13.0. The lowest BCUT2D eigenvalue weighted by atomic mass is 10.1. The summed E-state index contributed by atoms with van der Waals surface area (Å²) in [6.07, 6.45) is 3.09. The maximum Gasteiger partial charge on any atom is 0.255 e. The SMILES string of the molecule is O=C(Nc1cccc2ccc(OCc3nnn[nH]3)cc12)c1ccc(OCCCCc2ccccc2)cc1. The Kier molecular flexibility index (Phi) is 7.66. The number of ether oxygens (including phenoxy) is 2. The lowest BCUT2D eigenvalue weighted by Crippen LogP contribution is -2.12. The zero-order valence-corrected chi connectivity index (χ0v) is 20.3. The molecule has 2 N–H and O–H groups in total. The summed E-state index contributed by atoms with van der Waals surface area (Å²) in [6.45, 7) is 0.861. The first-order valence-corrected chi connectivity index (χ1v) is 12.2. The normalized spacial score (nSPS) is 10.8. The van der Waals surface area contributed by atoms with Crippen molar-refractivity contribution in [2.24, 2.45) is 0 Å². The van der Waals surface area contributed by atoms with Crippen LogP contribution in [-0.2, 0) is 13.0 Å². The monoisotopic (exact) mass is 493 g/mol. The molecular weight excluding hydrogens is 466 g/mol. The molecule has 5 rings (SSSR count). The molecule has 0 atom stereocenters. The molecule has 186 valence electrons. The van der Waals surface area contributed by atoms with E-state index in [0.29, 0.717) is 29.4 Å². The fourth-order valence-corrected chi connectivity index (χ4v) is 4.01. The van der Waals surface area contributed by atoms with Crippen molar-refractivity contribution in [1.29, 1.82) is 0 Å². The minimum absolute atomic E-state index is 0.194. The number of nitrogens with one attached hydrogen (secondary N) is 2. The number of aromatic nitrogens is 4. The third-order valence-electron chi connectivity index (χ3n) is 5.95. The van der Waals surface area contributed by atoms with Crippen LogP contribution in [0, 0.1) is 0 Å². The van der Waals surface area contributed by atoms with Gasteiger partial charge in [0.2, 0.25) is 0 Å². The molecule has 0 unspecified atom stereocenters. The van der Waals surface area contributed by atoms with Gasteiger partial charge in [0.15, 0.2) is 5.82 Å². The van der Waals surface area contributed by atoms with Crippen LogP contribution < -0.4 is 14.8 Å². The topological polar surface area (TPSA) is 102 Å². The highest BCUT2D eigenvalue weighted by Crippen LogP contribution is 2.28. The van der Waals surface area contributed by atoms with E-state index in [1.807, 2.05) is 54.6 Å². The van der Waals surface area contributed by atoms with Gasteiger partial charge in [0.25, 0.3) is 5.91 Å². The van der Waals surface area contributed by atoms with Crippen molar-refractivity contribution in [3.8, 4) is 11.5 Å². The number of carbonyl (C=O) groups excluding carboxylic acids is 1. The van der Waals surface area contributed by atoms with E-state index in [1.54, 1.807) is 12.1 Å². The molecule has 5 aromatic rings. The van der Waals surface area contributed by atoms with Crippen LogP contribution in [0.5, 0.6) is 11.5 Å². The Labute approximate surface area is 214 Å². The second-order valence-corrected chi connectivity index (χ2v) is 8.59. The molecule has 1 aromatic heterocycles. The smallest absolute Gasteiger partial charge is 0.255 e. The molecule has 0 saturated heterocycles. The number of fused-ring (bicyclic) bond motifs is 1. The lowest BCUT2D eigenvalue weighted by Gasteiger charge is -2.11. The van der Waals surface area contributed by atoms with Crippen molar-refractivity contribution >= 4 is 22.4 Å². The fraction of sp³-hybridized carbons (Fsp3) is 0.172.